The average Bonchev–Trinajstić information content (AvgIpc) is 3.41. The smallest absolute Gasteiger partial charge is 0.0379 e. The number of rotatable bonds is 3. The third kappa shape index (κ3) is 7.01. The number of hydrogen-bond donors (Lipinski definition) is 0. The van der Waals surface area contributed by atoms with Crippen molar-refractivity contribution in [3.05, 3.63) is 119 Å². The van der Waals surface area contributed by atoms with E-state index in [0.29, 0.717) is 11.0 Å². The first kappa shape index (κ1) is 20.7. The summed E-state index contributed by atoms with van der Waals surface area (Å²) >= 11 is 1.87. The van der Waals surface area contributed by atoms with Crippen LogP contribution in [0.25, 0.3) is 42.7 Å². The normalized spacial score (nSPS) is 15.4. The van der Waals surface area contributed by atoms with E-state index in [1.54, 1.807) is 0 Å². The van der Waals surface area contributed by atoms with Gasteiger partial charge in [0.15, 0.2) is 0 Å². The summed E-state index contributed by atoms with van der Waals surface area (Å²) in [4.78, 5) is 8.66. The van der Waals surface area contributed by atoms with Crippen molar-refractivity contribution in [3.63, 3.8) is 0 Å². The van der Waals surface area contributed by atoms with Crippen LogP contribution in [-0.4, -0.2) is 9.97 Å². The Hall–Kier alpha value is -3.17. The van der Waals surface area contributed by atoms with Crippen LogP contribution in [0.4, 0.5) is 0 Å². The van der Waals surface area contributed by atoms with Crippen LogP contribution in [0.5, 0.6) is 0 Å². The fourth-order valence-electron chi connectivity index (χ4n) is 4.62. The molecule has 211 valence electrons. The molecular formula is C37H36IrN2S-2. The number of aromatic nitrogens is 2. The summed E-state index contributed by atoms with van der Waals surface area (Å²) in [6.07, 6.45) is 4.04. The zero-order valence-electron chi connectivity index (χ0n) is 32.3. The van der Waals surface area contributed by atoms with E-state index in [1.165, 1.54) is 55.6 Å². The number of benzene rings is 3. The Bertz CT molecular complexity index is 2090. The van der Waals surface area contributed by atoms with Crippen molar-refractivity contribution in [2.24, 2.45) is 5.41 Å². The molecule has 0 aliphatic carbocycles. The Morgan fingerprint density at radius 1 is 0.854 bits per heavy atom. The molecule has 41 heavy (non-hydrogen) atoms. The van der Waals surface area contributed by atoms with Crippen LogP contribution in [0.1, 0.15) is 60.9 Å². The topological polar surface area (TPSA) is 25.8 Å². The molecule has 6 rings (SSSR count). The molecule has 0 spiro atoms. The van der Waals surface area contributed by atoms with Gasteiger partial charge in [0.1, 0.15) is 0 Å². The first-order valence-electron chi connectivity index (χ1n) is 17.5. The van der Waals surface area contributed by atoms with Gasteiger partial charge in [-0.2, -0.15) is 0 Å². The minimum absolute atomic E-state index is 0. The summed E-state index contributed by atoms with van der Waals surface area (Å²) < 4.78 is 69.6. The first-order chi connectivity index (χ1) is 22.7. The van der Waals surface area contributed by atoms with Gasteiger partial charge in [-0.1, -0.05) is 51.4 Å². The Morgan fingerprint density at radius 2 is 1.68 bits per heavy atom. The molecule has 0 saturated carbocycles. The van der Waals surface area contributed by atoms with Gasteiger partial charge in [0, 0.05) is 59.9 Å². The standard InChI is InChI=1S/C23H22NS.C14H14N.Ir/c1-15-17(14-23(2,3)4)10-11-18-19-12-13-24-20(22(19)25-21(15)18)16-8-6-5-7-9-16;1-10-4-6-13(7-5-10)14-8-11(2)12(3)9-15-14;/h5-8,10-13H,14H2,1-4H3;4-6,8-9H,1-3H3;/q2*-1;/i;1D3,2D3,3D3;. The largest absolute Gasteiger partial charge is 0.304 e. The van der Waals surface area contributed by atoms with Gasteiger partial charge in [-0.05, 0) is 71.7 Å². The molecule has 1 radical (unpaired) electrons. The van der Waals surface area contributed by atoms with Crippen LogP contribution in [0.15, 0.2) is 79.1 Å². The summed E-state index contributed by atoms with van der Waals surface area (Å²) in [5.74, 6) is 0. The number of aryl methyl sites for hydroxylation is 4. The van der Waals surface area contributed by atoms with Crippen LogP contribution in [0.3, 0.4) is 0 Å². The van der Waals surface area contributed by atoms with Gasteiger partial charge in [0.2, 0.25) is 0 Å². The molecule has 3 aromatic heterocycles. The molecule has 2 nitrogen and oxygen atoms in total. The van der Waals surface area contributed by atoms with E-state index < -0.39 is 20.6 Å². The Balaban J connectivity index is 0.000000221. The van der Waals surface area contributed by atoms with Crippen molar-refractivity contribution in [3.8, 4) is 22.5 Å². The minimum Gasteiger partial charge on any atom is -0.304 e. The maximum atomic E-state index is 7.54. The SMILES string of the molecule is Cc1c(CC(C)(C)C)ccc2c1sc1c(-c3[c-]cccc3)nccc12.[2H]C([2H])([2H])c1c[c-]c(-c2cc(C([2H])([2H])[2H])c(C([2H])([2H])[2H])cn2)cc1.[Ir]. The molecule has 4 heteroatoms. The molecule has 0 unspecified atom stereocenters. The number of thiophene rings is 1. The van der Waals surface area contributed by atoms with Gasteiger partial charge in [-0.25, -0.2) is 0 Å². The summed E-state index contributed by atoms with van der Waals surface area (Å²) in [6, 6.07) is 26.2. The predicted octanol–water partition coefficient (Wildman–Crippen LogP) is 10.3. The van der Waals surface area contributed by atoms with Gasteiger partial charge in [0.05, 0.1) is 0 Å². The van der Waals surface area contributed by atoms with Crippen molar-refractivity contribution in [1.29, 1.82) is 0 Å². The number of nitrogens with zero attached hydrogens (tertiary/aromatic N) is 2. The molecule has 6 aromatic rings. The number of pyridine rings is 2. The minimum atomic E-state index is -2.61. The Kier molecular flexibility index (Phi) is 6.44. The molecule has 0 aliphatic heterocycles. The molecule has 3 aromatic carbocycles. The van der Waals surface area contributed by atoms with E-state index in [0.717, 1.165) is 23.9 Å². The third-order valence-electron chi connectivity index (χ3n) is 6.59. The van der Waals surface area contributed by atoms with Crippen LogP contribution < -0.4 is 0 Å². The second kappa shape index (κ2) is 12.8. The zero-order chi connectivity index (χ0) is 35.9. The van der Waals surface area contributed by atoms with Gasteiger partial charge < -0.3 is 9.97 Å². The molecule has 0 fully saturated rings. The van der Waals surface area contributed by atoms with Crippen LogP contribution in [0.2, 0.25) is 0 Å². The Morgan fingerprint density at radius 3 is 2.37 bits per heavy atom. The number of fused-ring (bicyclic) bond motifs is 3. The zero-order valence-corrected chi connectivity index (χ0v) is 26.6. The van der Waals surface area contributed by atoms with Crippen LogP contribution in [-0.2, 0) is 26.5 Å². The van der Waals surface area contributed by atoms with Gasteiger partial charge >= 0.3 is 0 Å². The van der Waals surface area contributed by atoms with Crippen molar-refractivity contribution in [2.75, 3.05) is 0 Å². The van der Waals surface area contributed by atoms with E-state index in [9.17, 15) is 0 Å². The molecule has 0 aliphatic rings. The van der Waals surface area contributed by atoms with E-state index >= 15 is 0 Å². The Labute approximate surface area is 274 Å². The van der Waals surface area contributed by atoms with E-state index in [4.69, 9.17) is 12.3 Å². The second-order valence-electron chi connectivity index (χ2n) is 11.0. The molecule has 3 heterocycles. The fourth-order valence-corrected chi connectivity index (χ4v) is 5.95. The molecule has 0 amide bonds. The van der Waals surface area contributed by atoms with E-state index in [-0.39, 0.29) is 42.5 Å². The van der Waals surface area contributed by atoms with Crippen molar-refractivity contribution >= 4 is 31.5 Å². The molecule has 0 atom stereocenters. The summed E-state index contributed by atoms with van der Waals surface area (Å²) in [5.41, 5.74) is 5.32. The molecule has 0 N–H and O–H groups in total. The second-order valence-corrected chi connectivity index (χ2v) is 12.0. The van der Waals surface area contributed by atoms with E-state index in [2.05, 4.69) is 74.1 Å². The van der Waals surface area contributed by atoms with Crippen molar-refractivity contribution in [1.82, 2.24) is 9.97 Å². The number of hydrogen-bond acceptors (Lipinski definition) is 3. The van der Waals surface area contributed by atoms with E-state index in [1.807, 2.05) is 35.7 Å². The van der Waals surface area contributed by atoms with Gasteiger partial charge in [0.25, 0.3) is 0 Å². The first-order valence-corrected chi connectivity index (χ1v) is 13.9. The maximum absolute atomic E-state index is 7.54. The average molecular weight is 742 g/mol. The van der Waals surface area contributed by atoms with Crippen LogP contribution >= 0.6 is 11.3 Å². The molecule has 0 saturated heterocycles. The third-order valence-corrected chi connectivity index (χ3v) is 7.94. The molecule has 0 bridgehead atoms. The fraction of sp³-hybridized carbons (Fsp3) is 0.243. The predicted molar refractivity (Wildman–Crippen MR) is 172 cm³/mol. The van der Waals surface area contributed by atoms with Gasteiger partial charge in [-0.15, -0.1) is 82.6 Å². The van der Waals surface area contributed by atoms with Crippen molar-refractivity contribution < 1.29 is 32.4 Å². The van der Waals surface area contributed by atoms with Crippen molar-refractivity contribution in [2.45, 2.75) is 54.7 Å². The molecular weight excluding hydrogens is 697 g/mol. The maximum Gasteiger partial charge on any atom is 0.0379 e. The summed E-state index contributed by atoms with van der Waals surface area (Å²) in [7, 11) is 0. The van der Waals surface area contributed by atoms with Gasteiger partial charge in [-0.3, -0.25) is 0 Å². The summed E-state index contributed by atoms with van der Waals surface area (Å²) in [5, 5.41) is 2.64. The quantitative estimate of drug-likeness (QED) is 0.169. The summed E-state index contributed by atoms with van der Waals surface area (Å²) in [6.45, 7) is 1.70. The monoisotopic (exact) mass is 742 g/mol. The van der Waals surface area contributed by atoms with Crippen LogP contribution in [0, 0.1) is 45.0 Å².